The topological polar surface area (TPSA) is 3.24 Å². The number of piperidine rings is 1. The van der Waals surface area contributed by atoms with Crippen molar-refractivity contribution in [2.75, 3.05) is 0 Å². The molecule has 0 aromatic heterocycles. The molecule has 0 aromatic rings. The molecule has 17 heavy (non-hydrogen) atoms. The lowest BCUT2D eigenvalue weighted by atomic mass is 9.70. The van der Waals surface area contributed by atoms with Crippen molar-refractivity contribution in [3.63, 3.8) is 0 Å². The summed E-state index contributed by atoms with van der Waals surface area (Å²) >= 11 is 0. The summed E-state index contributed by atoms with van der Waals surface area (Å²) in [5.41, 5.74) is 2.17. The maximum absolute atomic E-state index is 4.29. The Labute approximate surface area is 108 Å². The Balaban J connectivity index is 3.28. The maximum Gasteiger partial charge on any atom is 0.0251 e. The van der Waals surface area contributed by atoms with Gasteiger partial charge in [-0.15, -0.1) is 0 Å². The van der Waals surface area contributed by atoms with E-state index < -0.39 is 0 Å². The molecule has 1 saturated heterocycles. The minimum Gasteiger partial charge on any atom is -0.287 e. The molecule has 0 atom stereocenters. The van der Waals surface area contributed by atoms with Gasteiger partial charge in [-0.25, -0.2) is 0 Å². The van der Waals surface area contributed by atoms with E-state index in [-0.39, 0.29) is 11.1 Å². The molecule has 0 radical (unpaired) electrons. The van der Waals surface area contributed by atoms with Crippen LogP contribution in [0.2, 0.25) is 0 Å². The highest BCUT2D eigenvalue weighted by Gasteiger charge is 2.50. The van der Waals surface area contributed by atoms with Gasteiger partial charge in [0.05, 0.1) is 0 Å². The second kappa shape index (κ2) is 4.42. The highest BCUT2D eigenvalue weighted by molar-refractivity contribution is 5.18. The molecule has 1 aliphatic heterocycles. The first kappa shape index (κ1) is 14.8. The third-order valence-electron chi connectivity index (χ3n) is 4.33. The lowest BCUT2D eigenvalue weighted by molar-refractivity contribution is -0.0947. The average molecular weight is 237 g/mol. The van der Waals surface area contributed by atoms with Crippen molar-refractivity contribution in [2.24, 2.45) is 0 Å². The summed E-state index contributed by atoms with van der Waals surface area (Å²) in [5.74, 6) is 0. The molecule has 0 unspecified atom stereocenters. The summed E-state index contributed by atoms with van der Waals surface area (Å²) in [6.07, 6.45) is 4.72. The molecule has 0 amide bonds. The van der Waals surface area contributed by atoms with Crippen LogP contribution in [-0.2, 0) is 0 Å². The van der Waals surface area contributed by atoms with E-state index in [4.69, 9.17) is 0 Å². The first-order valence-corrected chi connectivity index (χ1v) is 7.06. The van der Waals surface area contributed by atoms with Crippen LogP contribution in [-0.4, -0.2) is 21.5 Å². The third kappa shape index (κ3) is 2.59. The molecule has 1 heterocycles. The largest absolute Gasteiger partial charge is 0.287 e. The van der Waals surface area contributed by atoms with Crippen LogP contribution in [0, 0.1) is 0 Å². The van der Waals surface area contributed by atoms with Crippen LogP contribution in [0.4, 0.5) is 0 Å². The lowest BCUT2D eigenvalue weighted by Crippen LogP contribution is -2.67. The van der Waals surface area contributed by atoms with Crippen LogP contribution in [0.25, 0.3) is 0 Å². The predicted molar refractivity (Wildman–Crippen MR) is 77.4 cm³/mol. The Morgan fingerprint density at radius 3 is 1.94 bits per heavy atom. The smallest absolute Gasteiger partial charge is 0.0251 e. The molecule has 0 N–H and O–H groups in total. The Morgan fingerprint density at radius 1 is 1.12 bits per heavy atom. The summed E-state index contributed by atoms with van der Waals surface area (Å²) in [7, 11) is 0. The normalized spacial score (nSPS) is 25.0. The van der Waals surface area contributed by atoms with Crippen LogP contribution in [0.1, 0.15) is 74.1 Å². The Morgan fingerprint density at radius 2 is 1.59 bits per heavy atom. The standard InChI is InChI=1S/C16H31N/c1-9-16(10-2)12-13(3)11-15(7,8)17(16)14(4,5)6/h3,9-12H2,1-2,4-8H3. The summed E-state index contributed by atoms with van der Waals surface area (Å²) in [6, 6.07) is 0. The fourth-order valence-corrected chi connectivity index (χ4v) is 4.38. The van der Waals surface area contributed by atoms with Gasteiger partial charge >= 0.3 is 0 Å². The van der Waals surface area contributed by atoms with Gasteiger partial charge in [0.1, 0.15) is 0 Å². The van der Waals surface area contributed by atoms with Gasteiger partial charge in [-0.05, 0) is 60.3 Å². The zero-order valence-electron chi connectivity index (χ0n) is 13.0. The third-order valence-corrected chi connectivity index (χ3v) is 4.33. The summed E-state index contributed by atoms with van der Waals surface area (Å²) in [6.45, 7) is 20.8. The van der Waals surface area contributed by atoms with Crippen molar-refractivity contribution in [1.29, 1.82) is 0 Å². The number of nitrogens with zero attached hydrogens (tertiary/aromatic N) is 1. The van der Waals surface area contributed by atoms with E-state index in [0.29, 0.717) is 5.54 Å². The van der Waals surface area contributed by atoms with Gasteiger partial charge in [0.2, 0.25) is 0 Å². The van der Waals surface area contributed by atoms with Crippen LogP contribution < -0.4 is 0 Å². The van der Waals surface area contributed by atoms with Crippen molar-refractivity contribution in [3.05, 3.63) is 12.2 Å². The van der Waals surface area contributed by atoms with Crippen LogP contribution in [0.3, 0.4) is 0 Å². The van der Waals surface area contributed by atoms with E-state index in [1.807, 2.05) is 0 Å². The van der Waals surface area contributed by atoms with Gasteiger partial charge in [0.25, 0.3) is 0 Å². The van der Waals surface area contributed by atoms with Gasteiger partial charge in [0.15, 0.2) is 0 Å². The molecule has 0 aromatic carbocycles. The SMILES string of the molecule is C=C1CC(C)(C)N(C(C)(C)C)C(CC)(CC)C1. The molecule has 0 saturated carbocycles. The Bertz CT molecular complexity index is 289. The highest BCUT2D eigenvalue weighted by atomic mass is 15.3. The van der Waals surface area contributed by atoms with Gasteiger partial charge in [-0.1, -0.05) is 26.0 Å². The molecule has 1 fully saturated rings. The Hall–Kier alpha value is -0.300. The first-order chi connectivity index (χ1) is 7.59. The van der Waals surface area contributed by atoms with Crippen molar-refractivity contribution in [3.8, 4) is 0 Å². The number of likely N-dealkylation sites (tertiary alicyclic amines) is 1. The maximum atomic E-state index is 4.29. The minimum absolute atomic E-state index is 0.218. The second-order valence-electron chi connectivity index (χ2n) is 7.35. The molecule has 1 nitrogen and oxygen atoms in total. The van der Waals surface area contributed by atoms with Gasteiger partial charge in [-0.2, -0.15) is 0 Å². The van der Waals surface area contributed by atoms with Gasteiger partial charge < -0.3 is 0 Å². The second-order valence-corrected chi connectivity index (χ2v) is 7.35. The first-order valence-electron chi connectivity index (χ1n) is 7.06. The van der Waals surface area contributed by atoms with E-state index in [2.05, 4.69) is 59.9 Å². The Kier molecular flexibility index (Phi) is 3.84. The molecule has 0 bridgehead atoms. The zero-order chi connectivity index (χ0) is 13.5. The fraction of sp³-hybridized carbons (Fsp3) is 0.875. The molecule has 0 spiro atoms. The average Bonchev–Trinajstić information content (AvgIpc) is 2.12. The van der Waals surface area contributed by atoms with E-state index in [1.165, 1.54) is 24.8 Å². The minimum atomic E-state index is 0.218. The molecule has 1 heteroatoms. The molecule has 1 aliphatic rings. The van der Waals surface area contributed by atoms with E-state index in [0.717, 1.165) is 6.42 Å². The van der Waals surface area contributed by atoms with Crippen LogP contribution >= 0.6 is 0 Å². The number of hydrogen-bond donors (Lipinski definition) is 0. The number of rotatable bonds is 2. The van der Waals surface area contributed by atoms with Crippen molar-refractivity contribution in [2.45, 2.75) is 90.8 Å². The molecule has 1 rings (SSSR count). The summed E-state index contributed by atoms with van der Waals surface area (Å²) in [5, 5.41) is 0. The van der Waals surface area contributed by atoms with Gasteiger partial charge in [-0.3, -0.25) is 4.90 Å². The van der Waals surface area contributed by atoms with E-state index >= 15 is 0 Å². The molecule has 0 aliphatic carbocycles. The van der Waals surface area contributed by atoms with Gasteiger partial charge in [0, 0.05) is 16.6 Å². The molecular weight excluding hydrogens is 206 g/mol. The van der Waals surface area contributed by atoms with E-state index in [9.17, 15) is 0 Å². The van der Waals surface area contributed by atoms with Crippen LogP contribution in [0.15, 0.2) is 12.2 Å². The summed E-state index contributed by atoms with van der Waals surface area (Å²) in [4.78, 5) is 2.77. The lowest BCUT2D eigenvalue weighted by Gasteiger charge is -2.61. The van der Waals surface area contributed by atoms with E-state index in [1.54, 1.807) is 0 Å². The van der Waals surface area contributed by atoms with Crippen molar-refractivity contribution >= 4 is 0 Å². The predicted octanol–water partition coefficient (Wildman–Crippen LogP) is 4.77. The van der Waals surface area contributed by atoms with Crippen LogP contribution in [0.5, 0.6) is 0 Å². The highest BCUT2D eigenvalue weighted by Crippen LogP contribution is 2.48. The van der Waals surface area contributed by atoms with Crippen molar-refractivity contribution < 1.29 is 0 Å². The number of hydrogen-bond acceptors (Lipinski definition) is 1. The van der Waals surface area contributed by atoms with Crippen molar-refractivity contribution in [1.82, 2.24) is 4.90 Å². The molecule has 100 valence electrons. The zero-order valence-corrected chi connectivity index (χ0v) is 13.0. The summed E-state index contributed by atoms with van der Waals surface area (Å²) < 4.78 is 0. The quantitative estimate of drug-likeness (QED) is 0.625. The molecular formula is C16H31N. The monoisotopic (exact) mass is 237 g/mol. The fourth-order valence-electron chi connectivity index (χ4n) is 4.38.